The van der Waals surface area contributed by atoms with Gasteiger partial charge in [-0.2, -0.15) is 8.75 Å². The van der Waals surface area contributed by atoms with Gasteiger partial charge < -0.3 is 5.11 Å². The molecule has 1 aromatic carbocycles. The normalized spacial score (nSPS) is 23.8. The zero-order valence-corrected chi connectivity index (χ0v) is 15.3. The molecule has 2 N–H and O–H groups in total. The summed E-state index contributed by atoms with van der Waals surface area (Å²) in [6.45, 7) is 5.71. The van der Waals surface area contributed by atoms with Crippen molar-refractivity contribution in [1.29, 1.82) is 0 Å². The SMILES string of the molecule is CC1CC(C)N(C[C@@H](O)CNS(=O)(=O)c2cccc3nsnc23)C1. The topological polar surface area (TPSA) is 95.4 Å². The van der Waals surface area contributed by atoms with E-state index in [-0.39, 0.29) is 11.4 Å². The third-order valence-corrected chi connectivity index (χ3v) is 6.40. The number of likely N-dealkylation sites (tertiary alicyclic amines) is 1. The minimum Gasteiger partial charge on any atom is -0.390 e. The second kappa shape index (κ2) is 7.01. The van der Waals surface area contributed by atoms with Gasteiger partial charge in [-0.3, -0.25) is 4.90 Å². The molecule has 1 aliphatic heterocycles. The first-order valence-electron chi connectivity index (χ1n) is 8.00. The smallest absolute Gasteiger partial charge is 0.242 e. The predicted molar refractivity (Wildman–Crippen MR) is 93.4 cm³/mol. The van der Waals surface area contributed by atoms with Crippen LogP contribution in [0.15, 0.2) is 23.1 Å². The van der Waals surface area contributed by atoms with E-state index < -0.39 is 16.1 Å². The molecule has 2 aromatic rings. The summed E-state index contributed by atoms with van der Waals surface area (Å²) in [5.74, 6) is 0.610. The number of benzene rings is 1. The molecule has 0 spiro atoms. The van der Waals surface area contributed by atoms with E-state index in [0.29, 0.717) is 29.5 Å². The number of nitrogens with one attached hydrogen (secondary N) is 1. The summed E-state index contributed by atoms with van der Waals surface area (Å²) < 4.78 is 35.6. The van der Waals surface area contributed by atoms with Gasteiger partial charge in [-0.25, -0.2) is 13.1 Å². The van der Waals surface area contributed by atoms with Crippen LogP contribution in [-0.4, -0.2) is 59.0 Å². The first-order valence-corrected chi connectivity index (χ1v) is 10.2. The number of aliphatic hydroxyl groups is 1. The molecule has 0 radical (unpaired) electrons. The highest BCUT2D eigenvalue weighted by molar-refractivity contribution is 7.89. The number of β-amino-alcohol motifs (C(OH)–C–C–N with tert-alkyl or cyclic N) is 1. The summed E-state index contributed by atoms with van der Waals surface area (Å²) >= 11 is 0.981. The van der Waals surface area contributed by atoms with Crippen LogP contribution in [0.3, 0.4) is 0 Å². The van der Waals surface area contributed by atoms with E-state index in [1.807, 2.05) is 0 Å². The van der Waals surface area contributed by atoms with Crippen molar-refractivity contribution in [3.63, 3.8) is 0 Å². The quantitative estimate of drug-likeness (QED) is 0.789. The van der Waals surface area contributed by atoms with Crippen molar-refractivity contribution < 1.29 is 13.5 Å². The van der Waals surface area contributed by atoms with Crippen LogP contribution in [0.1, 0.15) is 20.3 Å². The molecule has 9 heteroatoms. The van der Waals surface area contributed by atoms with Crippen molar-refractivity contribution >= 4 is 32.8 Å². The van der Waals surface area contributed by atoms with E-state index in [4.69, 9.17) is 0 Å². The van der Waals surface area contributed by atoms with Crippen LogP contribution in [0.5, 0.6) is 0 Å². The molecule has 0 aliphatic carbocycles. The number of hydrogen-bond donors (Lipinski definition) is 2. The molecule has 0 saturated carbocycles. The molecule has 7 nitrogen and oxygen atoms in total. The molecule has 2 unspecified atom stereocenters. The minimum atomic E-state index is -3.73. The molecule has 3 rings (SSSR count). The van der Waals surface area contributed by atoms with Crippen LogP contribution in [0.2, 0.25) is 0 Å². The second-order valence-corrected chi connectivity index (χ2v) is 8.80. The molecule has 2 heterocycles. The fraction of sp³-hybridized carbons (Fsp3) is 0.600. The monoisotopic (exact) mass is 370 g/mol. The molecule has 24 heavy (non-hydrogen) atoms. The zero-order chi connectivity index (χ0) is 17.3. The highest BCUT2D eigenvalue weighted by Crippen LogP contribution is 2.23. The Morgan fingerprint density at radius 3 is 2.92 bits per heavy atom. The van der Waals surface area contributed by atoms with E-state index in [1.165, 1.54) is 6.07 Å². The first kappa shape index (κ1) is 17.7. The number of sulfonamides is 1. The Morgan fingerprint density at radius 2 is 2.21 bits per heavy atom. The van der Waals surface area contributed by atoms with E-state index >= 15 is 0 Å². The third-order valence-electron chi connectivity index (χ3n) is 4.41. The Labute approximate surface area is 146 Å². The fourth-order valence-corrected chi connectivity index (χ4v) is 5.10. The standard InChI is InChI=1S/C15H22N4O3S2/c1-10-6-11(2)19(8-10)9-12(20)7-16-24(21,22)14-5-3-4-13-15(14)18-23-17-13/h3-5,10-12,16,20H,6-9H2,1-2H3/t10?,11?,12-/m0/s1. The van der Waals surface area contributed by atoms with Gasteiger partial charge in [-0.05, 0) is 31.4 Å². The Hall–Kier alpha value is -1.13. The maximum Gasteiger partial charge on any atom is 0.242 e. The Balaban J connectivity index is 1.64. The molecule has 0 bridgehead atoms. The summed E-state index contributed by atoms with van der Waals surface area (Å²) in [7, 11) is -3.73. The third kappa shape index (κ3) is 3.75. The number of fused-ring (bicyclic) bond motifs is 1. The van der Waals surface area contributed by atoms with Gasteiger partial charge in [0.25, 0.3) is 0 Å². The van der Waals surface area contributed by atoms with Crippen molar-refractivity contribution in [2.45, 2.75) is 37.3 Å². The van der Waals surface area contributed by atoms with Crippen LogP contribution >= 0.6 is 11.7 Å². The summed E-state index contributed by atoms with van der Waals surface area (Å²) in [6.07, 6.45) is 0.359. The van der Waals surface area contributed by atoms with Crippen molar-refractivity contribution in [3.05, 3.63) is 18.2 Å². The number of aromatic nitrogens is 2. The maximum absolute atomic E-state index is 12.5. The van der Waals surface area contributed by atoms with Crippen molar-refractivity contribution in [1.82, 2.24) is 18.4 Å². The highest BCUT2D eigenvalue weighted by atomic mass is 32.2. The summed E-state index contributed by atoms with van der Waals surface area (Å²) in [4.78, 5) is 2.30. The molecule has 1 aromatic heterocycles. The van der Waals surface area contributed by atoms with Gasteiger partial charge in [-0.15, -0.1) is 0 Å². The van der Waals surface area contributed by atoms with Crippen LogP contribution in [0.25, 0.3) is 11.0 Å². The summed E-state index contributed by atoms with van der Waals surface area (Å²) in [5, 5.41) is 10.2. The minimum absolute atomic E-state index is 0.0200. The van der Waals surface area contributed by atoms with Gasteiger partial charge in [0, 0.05) is 25.7 Å². The fourth-order valence-electron chi connectivity index (χ4n) is 3.26. The van der Waals surface area contributed by atoms with Gasteiger partial charge in [0.2, 0.25) is 10.0 Å². The Bertz CT molecular complexity index is 808. The highest BCUT2D eigenvalue weighted by Gasteiger charge is 2.28. The van der Waals surface area contributed by atoms with E-state index in [9.17, 15) is 13.5 Å². The van der Waals surface area contributed by atoms with Crippen molar-refractivity contribution in [2.24, 2.45) is 5.92 Å². The van der Waals surface area contributed by atoms with Crippen molar-refractivity contribution in [2.75, 3.05) is 19.6 Å². The lowest BCUT2D eigenvalue weighted by Gasteiger charge is -2.24. The maximum atomic E-state index is 12.5. The Morgan fingerprint density at radius 1 is 1.42 bits per heavy atom. The predicted octanol–water partition coefficient (Wildman–Crippen LogP) is 1.06. The van der Waals surface area contributed by atoms with Gasteiger partial charge in [0.15, 0.2) is 0 Å². The lowest BCUT2D eigenvalue weighted by molar-refractivity contribution is 0.111. The van der Waals surface area contributed by atoms with Gasteiger partial charge in [0.1, 0.15) is 15.9 Å². The van der Waals surface area contributed by atoms with E-state index in [1.54, 1.807) is 12.1 Å². The molecule has 1 fully saturated rings. The second-order valence-electron chi connectivity index (χ2n) is 6.54. The average molecular weight is 371 g/mol. The van der Waals surface area contributed by atoms with Crippen LogP contribution in [0, 0.1) is 5.92 Å². The lowest BCUT2D eigenvalue weighted by Crippen LogP contribution is -2.41. The zero-order valence-electron chi connectivity index (χ0n) is 13.7. The van der Waals surface area contributed by atoms with Crippen LogP contribution in [0.4, 0.5) is 0 Å². The molecular formula is C15H22N4O3S2. The number of nitrogens with zero attached hydrogens (tertiary/aromatic N) is 3. The molecule has 132 valence electrons. The molecule has 3 atom stereocenters. The summed E-state index contributed by atoms with van der Waals surface area (Å²) in [5.41, 5.74) is 0.926. The molecule has 1 aliphatic rings. The number of hydrogen-bond acceptors (Lipinski definition) is 7. The van der Waals surface area contributed by atoms with E-state index in [0.717, 1.165) is 24.7 Å². The first-order chi connectivity index (χ1) is 11.4. The van der Waals surface area contributed by atoms with Crippen LogP contribution < -0.4 is 4.72 Å². The lowest BCUT2D eigenvalue weighted by atomic mass is 10.1. The Kier molecular flexibility index (Phi) is 5.16. The average Bonchev–Trinajstić information content (AvgIpc) is 3.11. The van der Waals surface area contributed by atoms with E-state index in [2.05, 4.69) is 32.2 Å². The van der Waals surface area contributed by atoms with Gasteiger partial charge in [0.05, 0.1) is 17.8 Å². The number of aliphatic hydroxyl groups excluding tert-OH is 1. The van der Waals surface area contributed by atoms with Gasteiger partial charge >= 0.3 is 0 Å². The van der Waals surface area contributed by atoms with Crippen LogP contribution in [-0.2, 0) is 10.0 Å². The number of rotatable bonds is 6. The molecule has 0 amide bonds. The van der Waals surface area contributed by atoms with Gasteiger partial charge in [-0.1, -0.05) is 13.0 Å². The van der Waals surface area contributed by atoms with Crippen molar-refractivity contribution in [3.8, 4) is 0 Å². The largest absolute Gasteiger partial charge is 0.390 e. The molecule has 1 saturated heterocycles. The molecular weight excluding hydrogens is 348 g/mol. The summed E-state index contributed by atoms with van der Waals surface area (Å²) in [6, 6.07) is 5.29.